The van der Waals surface area contributed by atoms with Gasteiger partial charge in [0.25, 0.3) is 0 Å². The minimum atomic E-state index is -5.08. The van der Waals surface area contributed by atoms with Gasteiger partial charge < -0.3 is 19.7 Å². The Morgan fingerprint density at radius 2 is 1.65 bits per heavy atom. The molecule has 10 nitrogen and oxygen atoms in total. The van der Waals surface area contributed by atoms with Gasteiger partial charge in [-0.1, -0.05) is 12.1 Å². The molecule has 0 bridgehead atoms. The summed E-state index contributed by atoms with van der Waals surface area (Å²) < 4.78 is 38.1. The second kappa shape index (κ2) is 12.3. The van der Waals surface area contributed by atoms with Gasteiger partial charge in [0.2, 0.25) is 5.91 Å². The number of carboxylic acids is 1. The molecule has 5 aromatic rings. The third-order valence-corrected chi connectivity index (χ3v) is 6.67. The third kappa shape index (κ3) is 6.77. The molecule has 1 unspecified atom stereocenters. The fourth-order valence-corrected chi connectivity index (χ4v) is 4.73. The number of amides is 1. The third-order valence-electron chi connectivity index (χ3n) is 6.67. The molecule has 1 aliphatic heterocycles. The summed E-state index contributed by atoms with van der Waals surface area (Å²) in [7, 11) is 0. The number of hydrogen-bond donors (Lipinski definition) is 2. The van der Waals surface area contributed by atoms with E-state index in [1.165, 1.54) is 0 Å². The van der Waals surface area contributed by atoms with Crippen molar-refractivity contribution in [1.82, 2.24) is 29.8 Å². The monoisotopic (exact) mass is 590 g/mol. The first-order valence-corrected chi connectivity index (χ1v) is 13.2. The van der Waals surface area contributed by atoms with E-state index in [1.807, 2.05) is 65.6 Å². The van der Waals surface area contributed by atoms with Crippen LogP contribution in [0, 0.1) is 0 Å². The van der Waals surface area contributed by atoms with Gasteiger partial charge >= 0.3 is 12.1 Å². The highest BCUT2D eigenvalue weighted by atomic mass is 19.4. The van der Waals surface area contributed by atoms with Crippen molar-refractivity contribution in [1.29, 1.82) is 0 Å². The second-order valence-electron chi connectivity index (χ2n) is 9.58. The Labute approximate surface area is 243 Å². The number of pyridine rings is 3. The van der Waals surface area contributed by atoms with Crippen LogP contribution in [0.3, 0.4) is 0 Å². The zero-order valence-corrected chi connectivity index (χ0v) is 22.7. The van der Waals surface area contributed by atoms with Crippen LogP contribution in [0.5, 0.6) is 11.5 Å². The average Bonchev–Trinajstić information content (AvgIpc) is 3.65. The standard InChI is InChI=1S/C28H24N6O2.C2HF3O2/c1-18(35)34-14-6-9-26(34)20-15-24-25(33-28(32-24)23-8-3-5-13-30-23)16-27(20)36-19-10-11-22(31-17-19)21-7-2-4-12-29-21;3-2(4,5)1(6)7/h2-5,7-8,10-13,15-17,26H,6,9,14H2,1H3,(H,32,33);(H,6,7). The van der Waals surface area contributed by atoms with E-state index in [0.29, 0.717) is 17.3 Å². The number of alkyl halides is 3. The van der Waals surface area contributed by atoms with Crippen LogP contribution in [-0.4, -0.2) is 59.5 Å². The Morgan fingerprint density at radius 1 is 0.977 bits per heavy atom. The van der Waals surface area contributed by atoms with Gasteiger partial charge in [0.15, 0.2) is 5.82 Å². The van der Waals surface area contributed by atoms with E-state index in [1.54, 1.807) is 25.5 Å². The first-order valence-electron chi connectivity index (χ1n) is 13.2. The van der Waals surface area contributed by atoms with E-state index < -0.39 is 12.1 Å². The molecule has 0 radical (unpaired) electrons. The molecular formula is C30H25F3N6O4. The Morgan fingerprint density at radius 3 is 2.23 bits per heavy atom. The van der Waals surface area contributed by atoms with Crippen LogP contribution >= 0.6 is 0 Å². The fraction of sp³-hybridized carbons (Fsp3) is 0.200. The lowest BCUT2D eigenvalue weighted by atomic mass is 10.0. The molecule has 1 aromatic carbocycles. The number of halogens is 3. The smallest absolute Gasteiger partial charge is 0.475 e. The molecule has 4 aromatic heterocycles. The Balaban J connectivity index is 0.000000472. The summed E-state index contributed by atoms with van der Waals surface area (Å²) in [4.78, 5) is 44.6. The zero-order valence-electron chi connectivity index (χ0n) is 22.7. The number of nitrogens with zero attached hydrogens (tertiary/aromatic N) is 5. The van der Waals surface area contributed by atoms with Crippen molar-refractivity contribution in [2.75, 3.05) is 6.54 Å². The number of benzene rings is 1. The summed E-state index contributed by atoms with van der Waals surface area (Å²) in [6.45, 7) is 2.35. The van der Waals surface area contributed by atoms with Crippen molar-refractivity contribution in [3.8, 4) is 34.4 Å². The van der Waals surface area contributed by atoms with Gasteiger partial charge in [-0.25, -0.2) is 9.78 Å². The van der Waals surface area contributed by atoms with Crippen LogP contribution < -0.4 is 4.74 Å². The summed E-state index contributed by atoms with van der Waals surface area (Å²) >= 11 is 0. The van der Waals surface area contributed by atoms with Gasteiger partial charge in [0.1, 0.15) is 17.2 Å². The highest BCUT2D eigenvalue weighted by Gasteiger charge is 2.38. The number of aliphatic carboxylic acids is 1. The minimum Gasteiger partial charge on any atom is -0.475 e. The maximum absolute atomic E-state index is 12.4. The van der Waals surface area contributed by atoms with E-state index in [4.69, 9.17) is 19.6 Å². The van der Waals surface area contributed by atoms with Crippen molar-refractivity contribution < 1.29 is 32.6 Å². The predicted molar refractivity (Wildman–Crippen MR) is 150 cm³/mol. The number of rotatable bonds is 5. The molecule has 1 atom stereocenters. The lowest BCUT2D eigenvalue weighted by Crippen LogP contribution is -2.28. The summed E-state index contributed by atoms with van der Waals surface area (Å²) in [6.07, 6.45) is 1.92. The lowest BCUT2D eigenvalue weighted by Gasteiger charge is -2.25. The number of carbonyl (C=O) groups excluding carboxylic acids is 1. The quantitative estimate of drug-likeness (QED) is 0.248. The van der Waals surface area contributed by atoms with Crippen molar-refractivity contribution in [2.45, 2.75) is 32.0 Å². The van der Waals surface area contributed by atoms with E-state index in [2.05, 4.69) is 19.9 Å². The topological polar surface area (TPSA) is 134 Å². The molecule has 13 heteroatoms. The molecule has 2 N–H and O–H groups in total. The van der Waals surface area contributed by atoms with Gasteiger partial charge in [0, 0.05) is 37.5 Å². The van der Waals surface area contributed by atoms with Crippen molar-refractivity contribution in [3.63, 3.8) is 0 Å². The predicted octanol–water partition coefficient (Wildman–Crippen LogP) is 6.19. The second-order valence-corrected chi connectivity index (χ2v) is 9.58. The summed E-state index contributed by atoms with van der Waals surface area (Å²) in [5.41, 5.74) is 4.91. The SMILES string of the molecule is CC(=O)N1CCCC1c1cc2[nH]c(-c3ccccn3)nc2cc1Oc1ccc(-c2ccccn2)nc1.O=C(O)C(F)(F)F. The Kier molecular flexibility index (Phi) is 8.32. The average molecular weight is 591 g/mol. The summed E-state index contributed by atoms with van der Waals surface area (Å²) in [5.74, 6) is -0.753. The molecule has 1 aliphatic rings. The number of ether oxygens (including phenoxy) is 1. The number of nitrogens with one attached hydrogen (secondary N) is 1. The molecule has 220 valence electrons. The van der Waals surface area contributed by atoms with Crippen molar-refractivity contribution in [3.05, 3.63) is 84.8 Å². The highest BCUT2D eigenvalue weighted by molar-refractivity contribution is 5.82. The lowest BCUT2D eigenvalue weighted by molar-refractivity contribution is -0.192. The molecule has 0 aliphatic carbocycles. The van der Waals surface area contributed by atoms with Crippen LogP contribution in [-0.2, 0) is 9.59 Å². The van der Waals surface area contributed by atoms with Crippen LogP contribution in [0.4, 0.5) is 13.2 Å². The largest absolute Gasteiger partial charge is 0.490 e. The van der Waals surface area contributed by atoms with E-state index in [-0.39, 0.29) is 11.9 Å². The van der Waals surface area contributed by atoms with Gasteiger partial charge in [0.05, 0.1) is 34.7 Å². The summed E-state index contributed by atoms with van der Waals surface area (Å²) in [6, 6.07) is 19.1. The van der Waals surface area contributed by atoms with E-state index in [0.717, 1.165) is 53.1 Å². The van der Waals surface area contributed by atoms with E-state index >= 15 is 0 Å². The number of imidazole rings is 1. The number of aromatic nitrogens is 5. The summed E-state index contributed by atoms with van der Waals surface area (Å²) in [5, 5.41) is 7.12. The Hall–Kier alpha value is -5.33. The molecule has 0 spiro atoms. The van der Waals surface area contributed by atoms with Crippen molar-refractivity contribution >= 4 is 22.9 Å². The number of hydrogen-bond acceptors (Lipinski definition) is 7. The number of fused-ring (bicyclic) bond motifs is 1. The van der Waals surface area contributed by atoms with Crippen LogP contribution in [0.25, 0.3) is 33.9 Å². The normalized spacial score (nSPS) is 14.7. The van der Waals surface area contributed by atoms with Crippen LogP contribution in [0.1, 0.15) is 31.4 Å². The molecule has 5 heterocycles. The minimum absolute atomic E-state index is 0.0590. The number of likely N-dealkylation sites (tertiary alicyclic amines) is 1. The number of aromatic amines is 1. The molecule has 1 saturated heterocycles. The maximum Gasteiger partial charge on any atom is 0.490 e. The zero-order chi connectivity index (χ0) is 30.6. The van der Waals surface area contributed by atoms with E-state index in [9.17, 15) is 18.0 Å². The molecule has 6 rings (SSSR count). The fourth-order valence-electron chi connectivity index (χ4n) is 4.73. The van der Waals surface area contributed by atoms with Crippen molar-refractivity contribution in [2.24, 2.45) is 0 Å². The highest BCUT2D eigenvalue weighted by Crippen LogP contribution is 2.41. The van der Waals surface area contributed by atoms with Crippen LogP contribution in [0.15, 0.2) is 79.3 Å². The number of H-pyrrole nitrogens is 1. The number of carbonyl (C=O) groups is 2. The number of carboxylic acid groups (broad SMARTS) is 1. The molecule has 1 fully saturated rings. The van der Waals surface area contributed by atoms with Gasteiger partial charge in [-0.2, -0.15) is 13.2 Å². The first kappa shape index (κ1) is 29.2. The van der Waals surface area contributed by atoms with Gasteiger partial charge in [-0.3, -0.25) is 19.7 Å². The molecule has 43 heavy (non-hydrogen) atoms. The van der Waals surface area contributed by atoms with Crippen LogP contribution in [0.2, 0.25) is 0 Å². The first-order chi connectivity index (χ1) is 20.6. The molecular weight excluding hydrogens is 565 g/mol. The molecule has 0 saturated carbocycles. The molecule has 1 amide bonds. The van der Waals surface area contributed by atoms with Gasteiger partial charge in [-0.15, -0.1) is 0 Å². The van der Waals surface area contributed by atoms with Gasteiger partial charge in [-0.05, 0) is 55.3 Å². The Bertz CT molecular complexity index is 1730. The maximum atomic E-state index is 12.4.